The molecule has 0 spiro atoms. The van der Waals surface area contributed by atoms with Crippen molar-refractivity contribution in [1.29, 1.82) is 0 Å². The van der Waals surface area contributed by atoms with Gasteiger partial charge in [-0.15, -0.1) is 0 Å². The van der Waals surface area contributed by atoms with Gasteiger partial charge in [0.1, 0.15) is 11.3 Å². The quantitative estimate of drug-likeness (QED) is 0.386. The van der Waals surface area contributed by atoms with Gasteiger partial charge < -0.3 is 13.9 Å². The van der Waals surface area contributed by atoms with Gasteiger partial charge in [-0.25, -0.2) is 4.68 Å². The summed E-state index contributed by atoms with van der Waals surface area (Å²) in [5.41, 5.74) is 4.10. The van der Waals surface area contributed by atoms with E-state index in [0.717, 1.165) is 55.0 Å². The van der Waals surface area contributed by atoms with Crippen molar-refractivity contribution in [2.24, 2.45) is 0 Å². The molecule has 10 nitrogen and oxygen atoms in total. The van der Waals surface area contributed by atoms with Crippen LogP contribution in [0.4, 0.5) is 0 Å². The molecule has 1 fully saturated rings. The number of carbonyl (C=O) groups is 1. The molecule has 10 heteroatoms. The smallest absolute Gasteiger partial charge is 0.263 e. The van der Waals surface area contributed by atoms with Gasteiger partial charge in [-0.1, -0.05) is 41.9 Å². The van der Waals surface area contributed by atoms with Gasteiger partial charge in [-0.2, -0.15) is 10.1 Å². The van der Waals surface area contributed by atoms with E-state index in [1.165, 1.54) is 0 Å². The van der Waals surface area contributed by atoms with E-state index in [1.807, 2.05) is 53.8 Å². The first-order valence-electron chi connectivity index (χ1n) is 12.4. The zero-order chi connectivity index (χ0) is 25.1. The molecule has 1 saturated heterocycles. The number of benzene rings is 1. The maximum atomic E-state index is 13.6. The van der Waals surface area contributed by atoms with Crippen molar-refractivity contribution >= 4 is 5.91 Å². The molecule has 5 rings (SSSR count). The molecule has 1 aliphatic rings. The standard InChI is InChI=1S/C26H31N7O3/c1-4-9-22-21(16-27-33(22)20-10-6-5-7-11-20)26(34)32-13-8-12-31(14-15-32)17-23-28-25(36-30-23)24-18(2)29-35-19(24)3/h5-7,10-11,16H,4,8-9,12-15,17H2,1-3H3. The van der Waals surface area contributed by atoms with Crippen molar-refractivity contribution in [3.8, 4) is 17.1 Å². The summed E-state index contributed by atoms with van der Waals surface area (Å²) in [4.78, 5) is 22.3. The third-order valence-corrected chi connectivity index (χ3v) is 6.54. The number of hydrogen-bond acceptors (Lipinski definition) is 8. The highest BCUT2D eigenvalue weighted by molar-refractivity contribution is 5.95. The number of carbonyl (C=O) groups excluding carboxylic acids is 1. The fourth-order valence-electron chi connectivity index (χ4n) is 4.73. The van der Waals surface area contributed by atoms with Crippen molar-refractivity contribution in [3.63, 3.8) is 0 Å². The highest BCUT2D eigenvalue weighted by atomic mass is 16.5. The Morgan fingerprint density at radius 1 is 1.03 bits per heavy atom. The zero-order valence-electron chi connectivity index (χ0n) is 21.0. The topological polar surface area (TPSA) is 106 Å². The Morgan fingerprint density at radius 2 is 1.86 bits per heavy atom. The van der Waals surface area contributed by atoms with Crippen molar-refractivity contribution in [1.82, 2.24) is 34.9 Å². The second kappa shape index (κ2) is 10.4. The molecule has 1 amide bonds. The van der Waals surface area contributed by atoms with E-state index < -0.39 is 0 Å². The molecule has 0 bridgehead atoms. The monoisotopic (exact) mass is 489 g/mol. The molecule has 188 valence electrons. The predicted molar refractivity (Wildman–Crippen MR) is 133 cm³/mol. The summed E-state index contributed by atoms with van der Waals surface area (Å²) < 4.78 is 12.6. The molecule has 0 N–H and O–H groups in total. The van der Waals surface area contributed by atoms with Crippen LogP contribution in [0.2, 0.25) is 0 Å². The largest absolute Gasteiger partial charge is 0.361 e. The highest BCUT2D eigenvalue weighted by Gasteiger charge is 2.26. The van der Waals surface area contributed by atoms with E-state index in [-0.39, 0.29) is 5.91 Å². The SMILES string of the molecule is CCCc1c(C(=O)N2CCCN(Cc3noc(-c4c(C)noc4C)n3)CC2)cnn1-c1ccccc1. The fraction of sp³-hybridized carbons (Fsp3) is 0.423. The van der Waals surface area contributed by atoms with Crippen LogP contribution in [0.5, 0.6) is 0 Å². The summed E-state index contributed by atoms with van der Waals surface area (Å²) in [6.45, 7) is 9.28. The summed E-state index contributed by atoms with van der Waals surface area (Å²) in [6, 6.07) is 9.98. The van der Waals surface area contributed by atoms with Gasteiger partial charge >= 0.3 is 0 Å². The second-order valence-corrected chi connectivity index (χ2v) is 9.14. The van der Waals surface area contributed by atoms with Gasteiger partial charge in [0.05, 0.1) is 35.4 Å². The summed E-state index contributed by atoms with van der Waals surface area (Å²) >= 11 is 0. The molecule has 0 radical (unpaired) electrons. The molecule has 4 aromatic rings. The van der Waals surface area contributed by atoms with Crippen molar-refractivity contribution in [2.75, 3.05) is 26.2 Å². The minimum Gasteiger partial charge on any atom is -0.361 e. The van der Waals surface area contributed by atoms with Crippen LogP contribution in [0.1, 0.15) is 53.1 Å². The van der Waals surface area contributed by atoms with E-state index in [0.29, 0.717) is 42.7 Å². The summed E-state index contributed by atoms with van der Waals surface area (Å²) in [6.07, 6.45) is 4.32. The number of rotatable bonds is 7. The van der Waals surface area contributed by atoms with Gasteiger partial charge in [0.15, 0.2) is 5.82 Å². The third-order valence-electron chi connectivity index (χ3n) is 6.54. The summed E-state index contributed by atoms with van der Waals surface area (Å²) in [5, 5.41) is 12.7. The number of aryl methyl sites for hydroxylation is 2. The lowest BCUT2D eigenvalue weighted by Gasteiger charge is -2.21. The number of para-hydroxylation sites is 1. The number of aromatic nitrogens is 5. The van der Waals surface area contributed by atoms with E-state index in [9.17, 15) is 4.79 Å². The fourth-order valence-corrected chi connectivity index (χ4v) is 4.73. The van der Waals surface area contributed by atoms with Crippen LogP contribution >= 0.6 is 0 Å². The van der Waals surface area contributed by atoms with Crippen LogP contribution in [0.15, 0.2) is 45.6 Å². The van der Waals surface area contributed by atoms with Crippen LogP contribution < -0.4 is 0 Å². The molecular formula is C26H31N7O3. The maximum absolute atomic E-state index is 13.6. The molecule has 0 unspecified atom stereocenters. The molecule has 0 aliphatic carbocycles. The zero-order valence-corrected chi connectivity index (χ0v) is 21.0. The first kappa shape index (κ1) is 23.9. The molecule has 3 aromatic heterocycles. The Morgan fingerprint density at radius 3 is 2.61 bits per heavy atom. The Bertz CT molecular complexity index is 1310. The second-order valence-electron chi connectivity index (χ2n) is 9.14. The normalized spacial score (nSPS) is 14.8. The average Bonchev–Trinajstić information content (AvgIpc) is 3.55. The van der Waals surface area contributed by atoms with Gasteiger partial charge in [-0.3, -0.25) is 9.69 Å². The Kier molecular flexibility index (Phi) is 6.95. The summed E-state index contributed by atoms with van der Waals surface area (Å²) in [7, 11) is 0. The Hall–Kier alpha value is -3.79. The lowest BCUT2D eigenvalue weighted by molar-refractivity contribution is 0.0759. The Labute approximate surface area is 209 Å². The van der Waals surface area contributed by atoms with Gasteiger partial charge in [0.2, 0.25) is 0 Å². The maximum Gasteiger partial charge on any atom is 0.263 e. The van der Waals surface area contributed by atoms with E-state index in [4.69, 9.17) is 9.05 Å². The minimum atomic E-state index is 0.0442. The summed E-state index contributed by atoms with van der Waals surface area (Å²) in [5.74, 6) is 1.73. The van der Waals surface area contributed by atoms with Gasteiger partial charge in [0, 0.05) is 26.2 Å². The molecule has 1 aliphatic heterocycles. The van der Waals surface area contributed by atoms with Crippen molar-refractivity contribution in [2.45, 2.75) is 46.6 Å². The van der Waals surface area contributed by atoms with E-state index in [2.05, 4.69) is 32.2 Å². The highest BCUT2D eigenvalue weighted by Crippen LogP contribution is 2.25. The molecule has 36 heavy (non-hydrogen) atoms. The number of hydrogen-bond donors (Lipinski definition) is 0. The molecule has 4 heterocycles. The van der Waals surface area contributed by atoms with Crippen molar-refractivity contribution < 1.29 is 13.8 Å². The lowest BCUT2D eigenvalue weighted by Crippen LogP contribution is -2.35. The van der Waals surface area contributed by atoms with Crippen LogP contribution in [0.3, 0.4) is 0 Å². The molecule has 0 atom stereocenters. The van der Waals surface area contributed by atoms with E-state index in [1.54, 1.807) is 6.20 Å². The Balaban J connectivity index is 1.26. The number of nitrogens with zero attached hydrogens (tertiary/aromatic N) is 7. The minimum absolute atomic E-state index is 0.0442. The lowest BCUT2D eigenvalue weighted by atomic mass is 10.1. The molecule has 0 saturated carbocycles. The third kappa shape index (κ3) is 4.81. The average molecular weight is 490 g/mol. The first-order valence-corrected chi connectivity index (χ1v) is 12.4. The van der Waals surface area contributed by atoms with Crippen LogP contribution in [0, 0.1) is 13.8 Å². The van der Waals surface area contributed by atoms with Gasteiger partial charge in [0.25, 0.3) is 11.8 Å². The number of amides is 1. The van der Waals surface area contributed by atoms with Crippen LogP contribution in [-0.2, 0) is 13.0 Å². The van der Waals surface area contributed by atoms with Gasteiger partial charge in [-0.05, 0) is 38.8 Å². The molecular weight excluding hydrogens is 458 g/mol. The van der Waals surface area contributed by atoms with Crippen LogP contribution in [-0.4, -0.2) is 67.0 Å². The predicted octanol–water partition coefficient (Wildman–Crippen LogP) is 3.83. The first-order chi connectivity index (χ1) is 17.5. The molecule has 1 aromatic carbocycles. The van der Waals surface area contributed by atoms with E-state index >= 15 is 0 Å². The van der Waals surface area contributed by atoms with Crippen molar-refractivity contribution in [3.05, 3.63) is 65.1 Å². The van der Waals surface area contributed by atoms with Crippen LogP contribution in [0.25, 0.3) is 17.1 Å².